The number of nitrogens with zero attached hydrogens (tertiary/aromatic N) is 1. The summed E-state index contributed by atoms with van der Waals surface area (Å²) in [6.07, 6.45) is 0. The lowest BCUT2D eigenvalue weighted by atomic mass is 10.1. The second-order valence-electron chi connectivity index (χ2n) is 7.36. The Hall–Kier alpha value is -3.40. The highest BCUT2D eigenvalue weighted by Crippen LogP contribution is 2.17. The van der Waals surface area contributed by atoms with Crippen molar-refractivity contribution in [1.82, 2.24) is 4.90 Å². The number of aryl methyl sites for hydroxylation is 1. The largest absolute Gasteiger partial charge is 0.332 e. The van der Waals surface area contributed by atoms with Crippen LogP contribution in [0.5, 0.6) is 0 Å². The Bertz CT molecular complexity index is 979. The summed E-state index contributed by atoms with van der Waals surface area (Å²) in [5.74, 6) is -0.238. The van der Waals surface area contributed by atoms with Crippen molar-refractivity contribution in [3.63, 3.8) is 0 Å². The number of rotatable bonds is 6. The number of nitrogens with one attached hydrogen (secondary N) is 1. The van der Waals surface area contributed by atoms with Crippen molar-refractivity contribution in [1.29, 1.82) is 0 Å². The number of hydrogen-bond acceptors (Lipinski definition) is 2. The predicted molar refractivity (Wildman–Crippen MR) is 117 cm³/mol. The van der Waals surface area contributed by atoms with Crippen LogP contribution in [0.15, 0.2) is 78.9 Å². The Balaban J connectivity index is 1.73. The maximum Gasteiger partial charge on any atom is 0.255 e. The standard InChI is InChI=1S/C25H26N2O2/c1-18(2)27(17-20-10-5-4-6-11-20)25(29)22-15-13-21(14-16-22)24(28)26-23-12-8-7-9-19(23)3/h4-16,18H,17H2,1-3H3,(H,26,28). The normalized spacial score (nSPS) is 10.6. The van der Waals surface area contributed by atoms with Crippen LogP contribution in [0, 0.1) is 6.92 Å². The topological polar surface area (TPSA) is 49.4 Å². The van der Waals surface area contributed by atoms with Crippen LogP contribution >= 0.6 is 0 Å². The Kier molecular flexibility index (Phi) is 6.45. The van der Waals surface area contributed by atoms with Gasteiger partial charge in [-0.3, -0.25) is 9.59 Å². The molecule has 4 heteroatoms. The summed E-state index contributed by atoms with van der Waals surface area (Å²) in [5, 5.41) is 2.91. The highest BCUT2D eigenvalue weighted by atomic mass is 16.2. The van der Waals surface area contributed by atoms with Gasteiger partial charge in [0.1, 0.15) is 0 Å². The molecule has 0 atom stereocenters. The molecule has 0 aromatic heterocycles. The molecule has 148 valence electrons. The third-order valence-corrected chi connectivity index (χ3v) is 4.87. The third kappa shape index (κ3) is 5.11. The van der Waals surface area contributed by atoms with Crippen LogP contribution in [0.1, 0.15) is 45.7 Å². The molecule has 29 heavy (non-hydrogen) atoms. The predicted octanol–water partition coefficient (Wildman–Crippen LogP) is 5.30. The molecule has 2 amide bonds. The first-order valence-electron chi connectivity index (χ1n) is 9.77. The first-order chi connectivity index (χ1) is 14.0. The molecule has 3 rings (SSSR count). The Labute approximate surface area is 172 Å². The van der Waals surface area contributed by atoms with Crippen LogP contribution in [-0.4, -0.2) is 22.8 Å². The number of benzene rings is 3. The number of hydrogen-bond donors (Lipinski definition) is 1. The average molecular weight is 386 g/mol. The first-order valence-corrected chi connectivity index (χ1v) is 9.77. The maximum absolute atomic E-state index is 13.0. The summed E-state index contributed by atoms with van der Waals surface area (Å²) in [5.41, 5.74) is 3.96. The Morgan fingerprint density at radius 3 is 2.03 bits per heavy atom. The summed E-state index contributed by atoms with van der Waals surface area (Å²) in [7, 11) is 0. The molecule has 0 heterocycles. The van der Waals surface area contributed by atoms with Crippen LogP contribution in [0.25, 0.3) is 0 Å². The Morgan fingerprint density at radius 2 is 1.41 bits per heavy atom. The Morgan fingerprint density at radius 1 is 0.828 bits per heavy atom. The zero-order valence-electron chi connectivity index (χ0n) is 17.1. The van der Waals surface area contributed by atoms with E-state index in [0.717, 1.165) is 16.8 Å². The van der Waals surface area contributed by atoms with Crippen molar-refractivity contribution < 1.29 is 9.59 Å². The molecule has 0 unspecified atom stereocenters. The molecule has 1 N–H and O–H groups in total. The van der Waals surface area contributed by atoms with E-state index in [1.165, 1.54) is 0 Å². The van der Waals surface area contributed by atoms with E-state index in [2.05, 4.69) is 5.32 Å². The van der Waals surface area contributed by atoms with Crippen LogP contribution < -0.4 is 5.32 Å². The fourth-order valence-electron chi connectivity index (χ4n) is 3.11. The lowest BCUT2D eigenvalue weighted by Gasteiger charge is -2.27. The number of carbonyl (C=O) groups excluding carboxylic acids is 2. The maximum atomic E-state index is 13.0. The van der Waals surface area contributed by atoms with Gasteiger partial charge in [0, 0.05) is 29.4 Å². The summed E-state index contributed by atoms with van der Waals surface area (Å²) in [4.78, 5) is 27.4. The van der Waals surface area contributed by atoms with Gasteiger partial charge in [0.05, 0.1) is 0 Å². The van der Waals surface area contributed by atoms with Gasteiger partial charge in [0.15, 0.2) is 0 Å². The molecule has 0 spiro atoms. The summed E-state index contributed by atoms with van der Waals surface area (Å²) < 4.78 is 0. The second-order valence-corrected chi connectivity index (χ2v) is 7.36. The zero-order chi connectivity index (χ0) is 20.8. The van der Waals surface area contributed by atoms with Gasteiger partial charge >= 0.3 is 0 Å². The van der Waals surface area contributed by atoms with Gasteiger partial charge in [0.2, 0.25) is 0 Å². The van der Waals surface area contributed by atoms with Gasteiger partial charge in [0.25, 0.3) is 11.8 Å². The van der Waals surface area contributed by atoms with Gasteiger partial charge < -0.3 is 10.2 Å². The van der Waals surface area contributed by atoms with Gasteiger partial charge in [-0.25, -0.2) is 0 Å². The molecule has 0 fully saturated rings. The SMILES string of the molecule is Cc1ccccc1NC(=O)c1ccc(C(=O)N(Cc2ccccc2)C(C)C)cc1. The molecule has 0 saturated carbocycles. The van der Waals surface area contributed by atoms with E-state index in [-0.39, 0.29) is 17.9 Å². The fourth-order valence-corrected chi connectivity index (χ4v) is 3.11. The highest BCUT2D eigenvalue weighted by molar-refractivity contribution is 6.05. The molecule has 0 bridgehead atoms. The monoisotopic (exact) mass is 386 g/mol. The van der Waals surface area contributed by atoms with E-state index in [0.29, 0.717) is 17.7 Å². The second kappa shape index (κ2) is 9.20. The molecule has 3 aromatic rings. The molecule has 4 nitrogen and oxygen atoms in total. The minimum atomic E-state index is -0.191. The van der Waals surface area contributed by atoms with Gasteiger partial charge in [-0.15, -0.1) is 0 Å². The molecule has 3 aromatic carbocycles. The van der Waals surface area contributed by atoms with Crippen molar-refractivity contribution in [2.45, 2.75) is 33.4 Å². The van der Waals surface area contributed by atoms with E-state index in [1.54, 1.807) is 24.3 Å². The van der Waals surface area contributed by atoms with E-state index >= 15 is 0 Å². The lowest BCUT2D eigenvalue weighted by Crippen LogP contribution is -2.36. The summed E-state index contributed by atoms with van der Waals surface area (Å²) in [6, 6.07) is 24.5. The van der Waals surface area contributed by atoms with Gasteiger partial charge in [-0.2, -0.15) is 0 Å². The minimum absolute atomic E-state index is 0.0466. The van der Waals surface area contributed by atoms with E-state index < -0.39 is 0 Å². The lowest BCUT2D eigenvalue weighted by molar-refractivity contribution is 0.0690. The van der Waals surface area contributed by atoms with Crippen LogP contribution in [-0.2, 0) is 6.54 Å². The van der Waals surface area contributed by atoms with Gasteiger partial charge in [-0.1, -0.05) is 48.5 Å². The van der Waals surface area contributed by atoms with Crippen LogP contribution in [0.2, 0.25) is 0 Å². The third-order valence-electron chi connectivity index (χ3n) is 4.87. The summed E-state index contributed by atoms with van der Waals surface area (Å²) in [6.45, 7) is 6.51. The minimum Gasteiger partial charge on any atom is -0.332 e. The molecule has 0 radical (unpaired) electrons. The number of anilines is 1. The van der Waals surface area contributed by atoms with E-state index in [1.807, 2.05) is 80.3 Å². The van der Waals surface area contributed by atoms with Crippen LogP contribution in [0.4, 0.5) is 5.69 Å². The van der Waals surface area contributed by atoms with E-state index in [9.17, 15) is 9.59 Å². The van der Waals surface area contributed by atoms with Crippen molar-refractivity contribution in [2.24, 2.45) is 0 Å². The molecule has 0 aliphatic carbocycles. The molecular formula is C25H26N2O2. The van der Waals surface area contributed by atoms with Crippen molar-refractivity contribution in [3.8, 4) is 0 Å². The smallest absolute Gasteiger partial charge is 0.255 e. The highest BCUT2D eigenvalue weighted by Gasteiger charge is 2.19. The molecule has 0 saturated heterocycles. The fraction of sp³-hybridized carbons (Fsp3) is 0.200. The zero-order valence-corrected chi connectivity index (χ0v) is 17.1. The van der Waals surface area contributed by atoms with Crippen molar-refractivity contribution >= 4 is 17.5 Å². The van der Waals surface area contributed by atoms with Gasteiger partial charge in [-0.05, 0) is 62.2 Å². The molecular weight excluding hydrogens is 360 g/mol. The first kappa shape index (κ1) is 20.3. The number of carbonyl (C=O) groups is 2. The quantitative estimate of drug-likeness (QED) is 0.625. The van der Waals surface area contributed by atoms with Crippen LogP contribution in [0.3, 0.4) is 0 Å². The molecule has 0 aliphatic rings. The van der Waals surface area contributed by atoms with Crippen molar-refractivity contribution in [3.05, 3.63) is 101 Å². The number of para-hydroxylation sites is 1. The van der Waals surface area contributed by atoms with Crippen molar-refractivity contribution in [2.75, 3.05) is 5.32 Å². The average Bonchev–Trinajstić information content (AvgIpc) is 2.74. The van der Waals surface area contributed by atoms with E-state index in [4.69, 9.17) is 0 Å². The number of amides is 2. The summed E-state index contributed by atoms with van der Waals surface area (Å²) >= 11 is 0. The molecule has 0 aliphatic heterocycles.